The number of fused-ring (bicyclic) bond motifs is 1. The number of carbonyl (C=O) groups is 1. The molecule has 76 valence electrons. The molecule has 1 heterocycles. The van der Waals surface area contributed by atoms with Crippen LogP contribution in [0.15, 0.2) is 29.3 Å². The molecule has 0 unspecified atom stereocenters. The number of aldehydes is 1. The Balaban J connectivity index is 2.80. The Hall–Kier alpha value is -2.04. The first kappa shape index (κ1) is 9.51. The summed E-state index contributed by atoms with van der Waals surface area (Å²) in [7, 11) is 0. The fourth-order valence-corrected chi connectivity index (χ4v) is 1.36. The van der Waals surface area contributed by atoms with Gasteiger partial charge in [-0.05, 0) is 12.1 Å². The average Bonchev–Trinajstić information content (AvgIpc) is 2.23. The summed E-state index contributed by atoms with van der Waals surface area (Å²) in [5.74, 6) is -0.539. The molecule has 0 saturated heterocycles. The van der Waals surface area contributed by atoms with E-state index in [9.17, 15) is 14.0 Å². The molecule has 0 bridgehead atoms. The second-order valence-electron chi connectivity index (χ2n) is 3.00. The van der Waals surface area contributed by atoms with E-state index in [4.69, 9.17) is 0 Å². The molecule has 0 spiro atoms. The molecule has 0 aliphatic carbocycles. The van der Waals surface area contributed by atoms with Gasteiger partial charge in [-0.15, -0.1) is 0 Å². The van der Waals surface area contributed by atoms with Crippen LogP contribution in [-0.2, 0) is 11.3 Å². The first-order chi connectivity index (χ1) is 7.24. The van der Waals surface area contributed by atoms with E-state index in [1.54, 1.807) is 0 Å². The predicted molar refractivity (Wildman–Crippen MR) is 52.0 cm³/mol. The number of para-hydroxylation sites is 1. The van der Waals surface area contributed by atoms with Gasteiger partial charge in [-0.1, -0.05) is 6.07 Å². The van der Waals surface area contributed by atoms with Crippen LogP contribution in [0.1, 0.15) is 0 Å². The van der Waals surface area contributed by atoms with Crippen molar-refractivity contribution in [1.29, 1.82) is 0 Å². The fourth-order valence-electron chi connectivity index (χ4n) is 1.36. The molecule has 4 nitrogen and oxygen atoms in total. The van der Waals surface area contributed by atoms with Gasteiger partial charge in [0, 0.05) is 0 Å². The zero-order chi connectivity index (χ0) is 10.8. The van der Waals surface area contributed by atoms with Crippen LogP contribution >= 0.6 is 0 Å². The molecule has 5 heteroatoms. The number of aromatic nitrogens is 2. The molecule has 0 aliphatic rings. The van der Waals surface area contributed by atoms with E-state index in [2.05, 4.69) is 4.98 Å². The van der Waals surface area contributed by atoms with Crippen molar-refractivity contribution in [2.75, 3.05) is 0 Å². The zero-order valence-electron chi connectivity index (χ0n) is 7.68. The minimum absolute atomic E-state index is 0.0321. The van der Waals surface area contributed by atoms with Crippen molar-refractivity contribution >= 4 is 17.2 Å². The van der Waals surface area contributed by atoms with Crippen molar-refractivity contribution < 1.29 is 9.18 Å². The first-order valence-electron chi connectivity index (χ1n) is 4.31. The summed E-state index contributed by atoms with van der Waals surface area (Å²) in [4.78, 5) is 25.7. The van der Waals surface area contributed by atoms with E-state index in [0.29, 0.717) is 6.29 Å². The second-order valence-corrected chi connectivity index (χ2v) is 3.00. The lowest BCUT2D eigenvalue weighted by atomic mass is 10.2. The Morgan fingerprint density at radius 3 is 3.00 bits per heavy atom. The van der Waals surface area contributed by atoms with E-state index in [0.717, 1.165) is 4.57 Å². The number of carbonyl (C=O) groups excluding carboxylic acids is 1. The van der Waals surface area contributed by atoms with Crippen LogP contribution in [0.5, 0.6) is 0 Å². The zero-order valence-corrected chi connectivity index (χ0v) is 7.68. The van der Waals surface area contributed by atoms with Crippen LogP contribution < -0.4 is 5.56 Å². The number of rotatable bonds is 2. The summed E-state index contributed by atoms with van der Waals surface area (Å²) in [6.07, 6.45) is 1.76. The van der Waals surface area contributed by atoms with E-state index in [-0.39, 0.29) is 17.4 Å². The molecule has 2 rings (SSSR count). The van der Waals surface area contributed by atoms with Crippen LogP contribution in [0.4, 0.5) is 4.39 Å². The van der Waals surface area contributed by atoms with Crippen LogP contribution in [0.2, 0.25) is 0 Å². The summed E-state index contributed by atoms with van der Waals surface area (Å²) in [6.45, 7) is -0.0711. The van der Waals surface area contributed by atoms with Gasteiger partial charge in [0.25, 0.3) is 5.56 Å². The standard InChI is InChI=1S/C10H7FN2O2/c11-8-3-1-2-7-9(8)12-6-13(4-5-14)10(7)15/h1-3,5-6H,4H2. The van der Waals surface area contributed by atoms with Crippen LogP contribution in [0.25, 0.3) is 10.9 Å². The fraction of sp³-hybridized carbons (Fsp3) is 0.100. The minimum atomic E-state index is -0.539. The summed E-state index contributed by atoms with van der Waals surface area (Å²) in [5.41, 5.74) is -0.378. The molecule has 1 aromatic heterocycles. The van der Waals surface area contributed by atoms with Crippen LogP contribution in [0.3, 0.4) is 0 Å². The van der Waals surface area contributed by atoms with Gasteiger partial charge in [-0.2, -0.15) is 0 Å². The molecular weight excluding hydrogens is 199 g/mol. The highest BCUT2D eigenvalue weighted by molar-refractivity contribution is 5.77. The Bertz CT molecular complexity index is 577. The maximum Gasteiger partial charge on any atom is 0.261 e. The molecule has 0 N–H and O–H groups in total. The SMILES string of the molecule is O=CCn1cnc2c(F)cccc2c1=O. The molecule has 0 aliphatic heterocycles. The van der Waals surface area contributed by atoms with Gasteiger partial charge in [0.15, 0.2) is 0 Å². The summed E-state index contributed by atoms with van der Waals surface area (Å²) in [6, 6.07) is 4.15. The van der Waals surface area contributed by atoms with Gasteiger partial charge >= 0.3 is 0 Å². The highest BCUT2D eigenvalue weighted by atomic mass is 19.1. The van der Waals surface area contributed by atoms with Gasteiger partial charge in [-0.25, -0.2) is 9.37 Å². The molecule has 2 aromatic rings. The van der Waals surface area contributed by atoms with Gasteiger partial charge in [-0.3, -0.25) is 9.36 Å². The molecule has 15 heavy (non-hydrogen) atoms. The number of nitrogens with zero attached hydrogens (tertiary/aromatic N) is 2. The predicted octanol–water partition coefficient (Wildman–Crippen LogP) is 0.734. The summed E-state index contributed by atoms with van der Waals surface area (Å²) >= 11 is 0. The molecule has 0 fully saturated rings. The van der Waals surface area contributed by atoms with E-state index in [1.807, 2.05) is 0 Å². The molecule has 0 atom stereocenters. The number of halogens is 1. The number of hydrogen-bond donors (Lipinski definition) is 0. The minimum Gasteiger partial charge on any atom is -0.301 e. The van der Waals surface area contributed by atoms with E-state index < -0.39 is 11.4 Å². The lowest BCUT2D eigenvalue weighted by Gasteiger charge is -2.02. The Morgan fingerprint density at radius 2 is 2.27 bits per heavy atom. The third-order valence-corrected chi connectivity index (χ3v) is 2.08. The van der Waals surface area contributed by atoms with Gasteiger partial charge in [0.05, 0.1) is 18.3 Å². The molecule has 0 radical (unpaired) electrons. The molecule has 0 amide bonds. The Labute approximate surface area is 84.0 Å². The maximum atomic E-state index is 13.2. The van der Waals surface area contributed by atoms with Crippen LogP contribution in [0, 0.1) is 5.82 Å². The maximum absolute atomic E-state index is 13.2. The van der Waals surface area contributed by atoms with Crippen molar-refractivity contribution in [1.82, 2.24) is 9.55 Å². The lowest BCUT2D eigenvalue weighted by molar-refractivity contribution is -0.108. The highest BCUT2D eigenvalue weighted by Gasteiger charge is 2.06. The molecular formula is C10H7FN2O2. The van der Waals surface area contributed by atoms with Crippen molar-refractivity contribution in [3.05, 3.63) is 40.7 Å². The number of benzene rings is 1. The van der Waals surface area contributed by atoms with Crippen molar-refractivity contribution in [3.63, 3.8) is 0 Å². The average molecular weight is 206 g/mol. The number of hydrogen-bond acceptors (Lipinski definition) is 3. The van der Waals surface area contributed by atoms with Crippen molar-refractivity contribution in [2.45, 2.75) is 6.54 Å². The topological polar surface area (TPSA) is 52.0 Å². The Morgan fingerprint density at radius 1 is 1.47 bits per heavy atom. The van der Waals surface area contributed by atoms with Gasteiger partial charge < -0.3 is 4.79 Å². The summed E-state index contributed by atoms with van der Waals surface area (Å²) in [5, 5.41) is 0.180. The van der Waals surface area contributed by atoms with E-state index >= 15 is 0 Å². The van der Waals surface area contributed by atoms with Crippen molar-refractivity contribution in [3.8, 4) is 0 Å². The van der Waals surface area contributed by atoms with Gasteiger partial charge in [0.2, 0.25) is 0 Å². The van der Waals surface area contributed by atoms with Gasteiger partial charge in [0.1, 0.15) is 17.6 Å². The third kappa shape index (κ3) is 1.52. The molecule has 0 saturated carbocycles. The smallest absolute Gasteiger partial charge is 0.261 e. The van der Waals surface area contributed by atoms with Crippen molar-refractivity contribution in [2.24, 2.45) is 0 Å². The first-order valence-corrected chi connectivity index (χ1v) is 4.31. The second kappa shape index (κ2) is 3.61. The third-order valence-electron chi connectivity index (χ3n) is 2.08. The quantitative estimate of drug-likeness (QED) is 0.681. The highest BCUT2D eigenvalue weighted by Crippen LogP contribution is 2.10. The molecule has 1 aromatic carbocycles. The monoisotopic (exact) mass is 206 g/mol. The lowest BCUT2D eigenvalue weighted by Crippen LogP contribution is -2.21. The Kier molecular flexibility index (Phi) is 2.29. The van der Waals surface area contributed by atoms with E-state index in [1.165, 1.54) is 24.5 Å². The largest absolute Gasteiger partial charge is 0.301 e. The summed E-state index contributed by atoms with van der Waals surface area (Å²) < 4.78 is 14.3. The van der Waals surface area contributed by atoms with Crippen LogP contribution in [-0.4, -0.2) is 15.8 Å². The normalized spacial score (nSPS) is 10.5.